The first-order valence-corrected chi connectivity index (χ1v) is 3.60. The number of benzene rings is 1. The average molecular weight is 172 g/mol. The van der Waals surface area contributed by atoms with E-state index in [9.17, 15) is 8.78 Å². The van der Waals surface area contributed by atoms with Crippen molar-refractivity contribution in [1.29, 1.82) is 0 Å². The standard InChI is InChI=1S/C9H10F2O/c1-9(2,11)8-6(10)4-3-5-7(8)12/h3-5,12H,1-2H3. The van der Waals surface area contributed by atoms with Crippen LogP contribution in [0.3, 0.4) is 0 Å². The number of hydrogen-bond donors (Lipinski definition) is 1. The Bertz CT molecular complexity index is 269. The van der Waals surface area contributed by atoms with E-state index < -0.39 is 11.5 Å². The summed E-state index contributed by atoms with van der Waals surface area (Å²) in [5.74, 6) is -1.06. The van der Waals surface area contributed by atoms with Crippen molar-refractivity contribution in [2.24, 2.45) is 0 Å². The zero-order valence-electron chi connectivity index (χ0n) is 6.94. The summed E-state index contributed by atoms with van der Waals surface area (Å²) in [4.78, 5) is 0. The second-order valence-corrected chi connectivity index (χ2v) is 3.11. The van der Waals surface area contributed by atoms with Gasteiger partial charge in [0.15, 0.2) is 0 Å². The van der Waals surface area contributed by atoms with Crippen LogP contribution in [0.4, 0.5) is 8.78 Å². The summed E-state index contributed by atoms with van der Waals surface area (Å²) in [6.07, 6.45) is 0. The molecule has 1 nitrogen and oxygen atoms in total. The quantitative estimate of drug-likeness (QED) is 0.690. The molecular formula is C9H10F2O. The number of rotatable bonds is 1. The molecule has 0 unspecified atom stereocenters. The van der Waals surface area contributed by atoms with Gasteiger partial charge in [-0.3, -0.25) is 0 Å². The summed E-state index contributed by atoms with van der Waals surface area (Å²) in [6, 6.07) is 3.72. The van der Waals surface area contributed by atoms with Gasteiger partial charge in [0.05, 0.1) is 5.56 Å². The number of aromatic hydroxyl groups is 1. The highest BCUT2D eigenvalue weighted by molar-refractivity contribution is 5.37. The molecular weight excluding hydrogens is 162 g/mol. The van der Waals surface area contributed by atoms with Crippen LogP contribution < -0.4 is 0 Å². The summed E-state index contributed by atoms with van der Waals surface area (Å²) < 4.78 is 26.2. The largest absolute Gasteiger partial charge is 0.507 e. The van der Waals surface area contributed by atoms with Crippen molar-refractivity contribution in [3.8, 4) is 5.75 Å². The molecule has 0 heterocycles. The molecule has 0 saturated carbocycles. The molecule has 0 spiro atoms. The third kappa shape index (κ3) is 1.55. The van der Waals surface area contributed by atoms with E-state index in [0.717, 1.165) is 6.07 Å². The Kier molecular flexibility index (Phi) is 2.04. The van der Waals surface area contributed by atoms with Crippen LogP contribution in [-0.2, 0) is 5.67 Å². The van der Waals surface area contributed by atoms with Crippen molar-refractivity contribution < 1.29 is 13.9 Å². The predicted octanol–water partition coefficient (Wildman–Crippen LogP) is 2.74. The molecule has 0 radical (unpaired) electrons. The normalized spacial score (nSPS) is 11.7. The van der Waals surface area contributed by atoms with E-state index in [-0.39, 0.29) is 11.3 Å². The van der Waals surface area contributed by atoms with Gasteiger partial charge < -0.3 is 5.11 Å². The fraction of sp³-hybridized carbons (Fsp3) is 0.333. The molecule has 0 bridgehead atoms. The summed E-state index contributed by atoms with van der Waals surface area (Å²) in [5, 5.41) is 9.15. The first-order valence-electron chi connectivity index (χ1n) is 3.60. The molecule has 0 aliphatic rings. The summed E-state index contributed by atoms with van der Waals surface area (Å²) in [5.41, 5.74) is -2.14. The third-order valence-corrected chi connectivity index (χ3v) is 1.59. The third-order valence-electron chi connectivity index (χ3n) is 1.59. The molecule has 1 aromatic carbocycles. The van der Waals surface area contributed by atoms with Gasteiger partial charge >= 0.3 is 0 Å². The highest BCUT2D eigenvalue weighted by Crippen LogP contribution is 2.33. The molecule has 12 heavy (non-hydrogen) atoms. The van der Waals surface area contributed by atoms with Gasteiger partial charge in [-0.25, -0.2) is 8.78 Å². The van der Waals surface area contributed by atoms with Crippen LogP contribution in [0.15, 0.2) is 18.2 Å². The van der Waals surface area contributed by atoms with Gasteiger partial charge in [0.1, 0.15) is 17.2 Å². The van der Waals surface area contributed by atoms with E-state index in [0.29, 0.717) is 0 Å². The van der Waals surface area contributed by atoms with E-state index in [1.165, 1.54) is 26.0 Å². The van der Waals surface area contributed by atoms with Crippen molar-refractivity contribution in [1.82, 2.24) is 0 Å². The Hall–Kier alpha value is -1.12. The van der Waals surface area contributed by atoms with Gasteiger partial charge in [-0.05, 0) is 26.0 Å². The van der Waals surface area contributed by atoms with Crippen molar-refractivity contribution in [3.63, 3.8) is 0 Å². The van der Waals surface area contributed by atoms with Gasteiger partial charge in [-0.1, -0.05) is 6.07 Å². The number of hydrogen-bond acceptors (Lipinski definition) is 1. The van der Waals surface area contributed by atoms with E-state index >= 15 is 0 Å². The SMILES string of the molecule is CC(C)(F)c1c(O)cccc1F. The molecule has 0 saturated heterocycles. The average Bonchev–Trinajstić information content (AvgIpc) is 1.82. The van der Waals surface area contributed by atoms with E-state index in [4.69, 9.17) is 5.11 Å². The maximum atomic E-state index is 13.2. The lowest BCUT2D eigenvalue weighted by molar-refractivity contribution is 0.206. The molecule has 0 aliphatic heterocycles. The minimum absolute atomic E-state index is 0.287. The molecule has 0 aliphatic carbocycles. The Labute approximate surface area is 69.7 Å². The lowest BCUT2D eigenvalue weighted by atomic mass is 9.99. The smallest absolute Gasteiger partial charge is 0.136 e. The van der Waals surface area contributed by atoms with Crippen LogP contribution in [0.2, 0.25) is 0 Å². The Morgan fingerprint density at radius 1 is 1.33 bits per heavy atom. The minimum Gasteiger partial charge on any atom is -0.507 e. The Balaban J connectivity index is 3.31. The fourth-order valence-corrected chi connectivity index (χ4v) is 1.10. The fourth-order valence-electron chi connectivity index (χ4n) is 1.10. The van der Waals surface area contributed by atoms with Gasteiger partial charge in [-0.2, -0.15) is 0 Å². The molecule has 1 rings (SSSR count). The summed E-state index contributed by atoms with van der Waals surface area (Å²) in [6.45, 7) is 2.40. The van der Waals surface area contributed by atoms with Crippen molar-refractivity contribution in [2.45, 2.75) is 19.5 Å². The number of phenolic OH excluding ortho intramolecular Hbond substituents is 1. The number of alkyl halides is 1. The summed E-state index contributed by atoms with van der Waals surface area (Å²) >= 11 is 0. The van der Waals surface area contributed by atoms with Crippen LogP contribution in [0.25, 0.3) is 0 Å². The lowest BCUT2D eigenvalue weighted by Gasteiger charge is -2.16. The zero-order chi connectivity index (χ0) is 9.35. The number of phenols is 1. The monoisotopic (exact) mass is 172 g/mol. The van der Waals surface area contributed by atoms with Gasteiger partial charge in [0.25, 0.3) is 0 Å². The lowest BCUT2D eigenvalue weighted by Crippen LogP contribution is -2.11. The molecule has 1 aromatic rings. The van der Waals surface area contributed by atoms with E-state index in [1.807, 2.05) is 0 Å². The maximum Gasteiger partial charge on any atom is 0.136 e. The molecule has 0 aromatic heterocycles. The molecule has 0 amide bonds. The number of halogens is 2. The molecule has 66 valence electrons. The maximum absolute atomic E-state index is 13.2. The topological polar surface area (TPSA) is 20.2 Å². The van der Waals surface area contributed by atoms with Gasteiger partial charge in [0.2, 0.25) is 0 Å². The Morgan fingerprint density at radius 3 is 2.25 bits per heavy atom. The van der Waals surface area contributed by atoms with Crippen LogP contribution in [0.1, 0.15) is 19.4 Å². The van der Waals surface area contributed by atoms with Gasteiger partial charge in [-0.15, -0.1) is 0 Å². The summed E-state index contributed by atoms with van der Waals surface area (Å²) in [7, 11) is 0. The second kappa shape index (κ2) is 2.73. The zero-order valence-corrected chi connectivity index (χ0v) is 6.94. The van der Waals surface area contributed by atoms with E-state index in [2.05, 4.69) is 0 Å². The van der Waals surface area contributed by atoms with Crippen LogP contribution in [0, 0.1) is 5.82 Å². The highest BCUT2D eigenvalue weighted by atomic mass is 19.1. The Morgan fingerprint density at radius 2 is 1.92 bits per heavy atom. The highest BCUT2D eigenvalue weighted by Gasteiger charge is 2.26. The van der Waals surface area contributed by atoms with Crippen LogP contribution in [0.5, 0.6) is 5.75 Å². The second-order valence-electron chi connectivity index (χ2n) is 3.11. The van der Waals surface area contributed by atoms with Crippen molar-refractivity contribution in [2.75, 3.05) is 0 Å². The predicted molar refractivity (Wildman–Crippen MR) is 42.2 cm³/mol. The van der Waals surface area contributed by atoms with Crippen molar-refractivity contribution in [3.05, 3.63) is 29.6 Å². The van der Waals surface area contributed by atoms with Crippen LogP contribution in [-0.4, -0.2) is 5.11 Å². The van der Waals surface area contributed by atoms with Crippen LogP contribution >= 0.6 is 0 Å². The minimum atomic E-state index is -1.85. The molecule has 0 atom stereocenters. The molecule has 3 heteroatoms. The van der Waals surface area contributed by atoms with E-state index in [1.54, 1.807) is 0 Å². The molecule has 1 N–H and O–H groups in total. The van der Waals surface area contributed by atoms with Crippen molar-refractivity contribution >= 4 is 0 Å². The first-order chi connectivity index (χ1) is 5.43. The van der Waals surface area contributed by atoms with Gasteiger partial charge in [0, 0.05) is 0 Å². The first kappa shape index (κ1) is 8.97. The molecule has 0 fully saturated rings.